The number of hydrogen-bond acceptors (Lipinski definition) is 6. The molecule has 19 heavy (non-hydrogen) atoms. The monoisotopic (exact) mass is 267 g/mol. The molecule has 0 aliphatic heterocycles. The SMILES string of the molecule is CCCN(CC(=O)OCC)c1ccc([N+](=O)[O-])cn1. The van der Waals surface area contributed by atoms with Crippen molar-refractivity contribution in [1.29, 1.82) is 0 Å². The Bertz CT molecular complexity index is 433. The van der Waals surface area contributed by atoms with Crippen molar-refractivity contribution in [2.75, 3.05) is 24.6 Å². The molecule has 0 spiro atoms. The summed E-state index contributed by atoms with van der Waals surface area (Å²) in [5.74, 6) is 0.191. The molecule has 104 valence electrons. The number of rotatable bonds is 7. The summed E-state index contributed by atoms with van der Waals surface area (Å²) in [6.07, 6.45) is 2.02. The van der Waals surface area contributed by atoms with Crippen LogP contribution in [-0.2, 0) is 9.53 Å². The highest BCUT2D eigenvalue weighted by Gasteiger charge is 2.14. The van der Waals surface area contributed by atoms with Gasteiger partial charge in [0.1, 0.15) is 18.6 Å². The lowest BCUT2D eigenvalue weighted by Gasteiger charge is -2.21. The molecule has 0 bridgehead atoms. The van der Waals surface area contributed by atoms with Crippen molar-refractivity contribution in [2.45, 2.75) is 20.3 Å². The molecule has 0 fully saturated rings. The normalized spacial score (nSPS) is 10.0. The van der Waals surface area contributed by atoms with Gasteiger partial charge >= 0.3 is 5.97 Å². The molecule has 7 heteroatoms. The molecule has 0 N–H and O–H groups in total. The Morgan fingerprint density at radius 3 is 2.68 bits per heavy atom. The number of carbonyl (C=O) groups is 1. The van der Waals surface area contributed by atoms with Crippen LogP contribution < -0.4 is 4.90 Å². The Balaban J connectivity index is 2.80. The van der Waals surface area contributed by atoms with Crippen LogP contribution in [0.25, 0.3) is 0 Å². The number of hydrogen-bond donors (Lipinski definition) is 0. The van der Waals surface area contributed by atoms with Crippen molar-refractivity contribution in [1.82, 2.24) is 4.98 Å². The van der Waals surface area contributed by atoms with Gasteiger partial charge in [0, 0.05) is 12.6 Å². The van der Waals surface area contributed by atoms with Crippen molar-refractivity contribution >= 4 is 17.5 Å². The van der Waals surface area contributed by atoms with Gasteiger partial charge < -0.3 is 9.64 Å². The molecule has 0 aromatic carbocycles. The van der Waals surface area contributed by atoms with E-state index < -0.39 is 4.92 Å². The molecule has 0 saturated carbocycles. The molecular weight excluding hydrogens is 250 g/mol. The summed E-state index contributed by atoms with van der Waals surface area (Å²) in [4.78, 5) is 27.3. The number of esters is 1. The Kier molecular flexibility index (Phi) is 5.72. The fraction of sp³-hybridized carbons (Fsp3) is 0.500. The van der Waals surface area contributed by atoms with Crippen LogP contribution in [0.15, 0.2) is 18.3 Å². The van der Waals surface area contributed by atoms with Crippen molar-refractivity contribution in [3.8, 4) is 0 Å². The maximum Gasteiger partial charge on any atom is 0.325 e. The third-order valence-electron chi connectivity index (χ3n) is 2.39. The van der Waals surface area contributed by atoms with Crippen LogP contribution in [0.5, 0.6) is 0 Å². The van der Waals surface area contributed by atoms with E-state index >= 15 is 0 Å². The number of pyridine rings is 1. The van der Waals surface area contributed by atoms with Gasteiger partial charge in [-0.1, -0.05) is 6.92 Å². The van der Waals surface area contributed by atoms with E-state index in [1.807, 2.05) is 6.92 Å². The summed E-state index contributed by atoms with van der Waals surface area (Å²) in [5.41, 5.74) is -0.0728. The summed E-state index contributed by atoms with van der Waals surface area (Å²) in [6.45, 7) is 4.76. The van der Waals surface area contributed by atoms with Gasteiger partial charge in [0.25, 0.3) is 5.69 Å². The molecule has 1 aromatic heterocycles. The van der Waals surface area contributed by atoms with Crippen molar-refractivity contribution in [3.63, 3.8) is 0 Å². The Morgan fingerprint density at radius 2 is 2.21 bits per heavy atom. The molecule has 0 saturated heterocycles. The first-order chi connectivity index (χ1) is 9.08. The van der Waals surface area contributed by atoms with E-state index in [4.69, 9.17) is 4.74 Å². The quantitative estimate of drug-likeness (QED) is 0.425. The number of anilines is 1. The summed E-state index contributed by atoms with van der Waals surface area (Å²) < 4.78 is 4.89. The van der Waals surface area contributed by atoms with E-state index in [0.29, 0.717) is 19.0 Å². The highest BCUT2D eigenvalue weighted by molar-refractivity contribution is 5.75. The van der Waals surface area contributed by atoms with Crippen molar-refractivity contribution in [3.05, 3.63) is 28.4 Å². The maximum absolute atomic E-state index is 11.5. The predicted octanol–water partition coefficient (Wildman–Crippen LogP) is 1.77. The van der Waals surface area contributed by atoms with Crippen LogP contribution in [0.1, 0.15) is 20.3 Å². The number of ether oxygens (including phenoxy) is 1. The standard InChI is InChI=1S/C12H17N3O4/c1-3-7-14(9-12(16)19-4-2)11-6-5-10(8-13-11)15(17)18/h5-6,8H,3-4,7,9H2,1-2H3. The van der Waals surface area contributed by atoms with Crippen molar-refractivity contribution in [2.24, 2.45) is 0 Å². The topological polar surface area (TPSA) is 85.6 Å². The van der Waals surface area contributed by atoms with E-state index in [0.717, 1.165) is 6.42 Å². The molecule has 1 rings (SSSR count). The summed E-state index contributed by atoms with van der Waals surface area (Å²) >= 11 is 0. The van der Waals surface area contributed by atoms with Crippen LogP contribution in [-0.4, -0.2) is 35.6 Å². The second kappa shape index (κ2) is 7.30. The molecule has 1 heterocycles. The molecular formula is C12H17N3O4. The summed E-state index contributed by atoms with van der Waals surface area (Å²) in [7, 11) is 0. The minimum absolute atomic E-state index is 0.0728. The molecule has 0 amide bonds. The van der Waals surface area contributed by atoms with Crippen LogP contribution >= 0.6 is 0 Å². The minimum atomic E-state index is -0.508. The third-order valence-corrected chi connectivity index (χ3v) is 2.39. The third kappa shape index (κ3) is 4.53. The van der Waals surface area contributed by atoms with Crippen LogP contribution in [0.4, 0.5) is 11.5 Å². The largest absolute Gasteiger partial charge is 0.465 e. The van der Waals surface area contributed by atoms with Crippen molar-refractivity contribution < 1.29 is 14.5 Å². The highest BCUT2D eigenvalue weighted by Crippen LogP contribution is 2.16. The number of aromatic nitrogens is 1. The Hall–Kier alpha value is -2.18. The van der Waals surface area contributed by atoms with E-state index in [1.165, 1.54) is 18.3 Å². The van der Waals surface area contributed by atoms with Gasteiger partial charge in [-0.25, -0.2) is 4.98 Å². The zero-order valence-electron chi connectivity index (χ0n) is 11.0. The van der Waals surface area contributed by atoms with Gasteiger partial charge in [0.2, 0.25) is 0 Å². The lowest BCUT2D eigenvalue weighted by Crippen LogP contribution is -2.32. The lowest BCUT2D eigenvalue weighted by atomic mass is 10.3. The first kappa shape index (κ1) is 14.9. The van der Waals surface area contributed by atoms with Gasteiger partial charge in [-0.15, -0.1) is 0 Å². The Labute approximate surface area is 111 Å². The summed E-state index contributed by atoms with van der Waals surface area (Å²) in [6, 6.07) is 2.91. The molecule has 0 aliphatic carbocycles. The second-order valence-electron chi connectivity index (χ2n) is 3.86. The van der Waals surface area contributed by atoms with Gasteiger partial charge in [0.15, 0.2) is 0 Å². The maximum atomic E-state index is 11.5. The molecule has 1 aromatic rings. The predicted molar refractivity (Wildman–Crippen MR) is 70.0 cm³/mol. The van der Waals surface area contributed by atoms with Gasteiger partial charge in [-0.2, -0.15) is 0 Å². The first-order valence-electron chi connectivity index (χ1n) is 6.09. The smallest absolute Gasteiger partial charge is 0.325 e. The first-order valence-corrected chi connectivity index (χ1v) is 6.09. The second-order valence-corrected chi connectivity index (χ2v) is 3.86. The van der Waals surface area contributed by atoms with E-state index in [2.05, 4.69) is 4.98 Å². The molecule has 0 atom stereocenters. The van der Waals surface area contributed by atoms with Gasteiger partial charge in [-0.3, -0.25) is 14.9 Å². The zero-order chi connectivity index (χ0) is 14.3. The van der Waals surface area contributed by atoms with E-state index in [1.54, 1.807) is 11.8 Å². The van der Waals surface area contributed by atoms with Crippen LogP contribution in [0.2, 0.25) is 0 Å². The van der Waals surface area contributed by atoms with Crippen LogP contribution in [0.3, 0.4) is 0 Å². The average Bonchev–Trinajstić information content (AvgIpc) is 2.38. The van der Waals surface area contributed by atoms with E-state index in [9.17, 15) is 14.9 Å². The number of nitrogens with zero attached hydrogens (tertiary/aromatic N) is 3. The number of carbonyl (C=O) groups excluding carboxylic acids is 1. The molecule has 0 unspecified atom stereocenters. The fourth-order valence-electron chi connectivity index (χ4n) is 1.58. The van der Waals surface area contributed by atoms with E-state index in [-0.39, 0.29) is 18.2 Å². The molecule has 7 nitrogen and oxygen atoms in total. The average molecular weight is 267 g/mol. The fourth-order valence-corrected chi connectivity index (χ4v) is 1.58. The van der Waals surface area contributed by atoms with Crippen LogP contribution in [0, 0.1) is 10.1 Å². The lowest BCUT2D eigenvalue weighted by molar-refractivity contribution is -0.385. The zero-order valence-corrected chi connectivity index (χ0v) is 11.0. The summed E-state index contributed by atoms with van der Waals surface area (Å²) in [5, 5.41) is 10.5. The minimum Gasteiger partial charge on any atom is -0.465 e. The Morgan fingerprint density at radius 1 is 1.47 bits per heavy atom. The van der Waals surface area contributed by atoms with Gasteiger partial charge in [-0.05, 0) is 19.4 Å². The highest BCUT2D eigenvalue weighted by atomic mass is 16.6. The number of nitro groups is 1. The molecule has 0 aliphatic rings. The molecule has 0 radical (unpaired) electrons. The van der Waals surface area contributed by atoms with Gasteiger partial charge in [0.05, 0.1) is 11.5 Å².